The largest absolute Gasteiger partial charge is 0.351 e. The van der Waals surface area contributed by atoms with Gasteiger partial charge in [-0.3, -0.25) is 5.10 Å². The highest BCUT2D eigenvalue weighted by atomic mass is 32.2. The molecule has 178 valence electrons. The highest BCUT2D eigenvalue weighted by Crippen LogP contribution is 2.41. The zero-order chi connectivity index (χ0) is 23.4. The molecule has 3 atom stereocenters. The second-order valence-electron chi connectivity index (χ2n) is 9.27. The van der Waals surface area contributed by atoms with Crippen LogP contribution in [0, 0.1) is 24.2 Å². The summed E-state index contributed by atoms with van der Waals surface area (Å²) >= 11 is 1.57. The number of piperidine rings is 1. The minimum atomic E-state index is -3.52. The number of H-pyrrole nitrogens is 1. The Morgan fingerprint density at radius 2 is 2.00 bits per heavy atom. The van der Waals surface area contributed by atoms with E-state index in [0.717, 1.165) is 28.8 Å². The normalized spacial score (nSPS) is 25.8. The third-order valence-corrected chi connectivity index (χ3v) is 9.87. The summed E-state index contributed by atoms with van der Waals surface area (Å²) in [5.41, 5.74) is 1.81. The van der Waals surface area contributed by atoms with Gasteiger partial charge in [0, 0.05) is 43.0 Å². The lowest BCUT2D eigenvalue weighted by Crippen LogP contribution is -2.59. The van der Waals surface area contributed by atoms with Crippen LogP contribution in [0.25, 0.3) is 10.2 Å². The van der Waals surface area contributed by atoms with E-state index in [1.165, 1.54) is 4.31 Å². The number of nitriles is 1. The maximum atomic E-state index is 13.2. The van der Waals surface area contributed by atoms with Gasteiger partial charge in [-0.1, -0.05) is 0 Å². The summed E-state index contributed by atoms with van der Waals surface area (Å²) < 4.78 is 30.5. The van der Waals surface area contributed by atoms with Crippen molar-refractivity contribution in [2.75, 3.05) is 23.7 Å². The number of rotatable bonds is 6. The summed E-state index contributed by atoms with van der Waals surface area (Å²) in [6, 6.07) is 6.03. The number of nitrogens with zero attached hydrogens (tertiary/aromatic N) is 6. The molecule has 0 radical (unpaired) electrons. The first-order chi connectivity index (χ1) is 16.4. The molecule has 3 aliphatic rings. The molecule has 1 unspecified atom stereocenters. The van der Waals surface area contributed by atoms with Gasteiger partial charge in [-0.2, -0.15) is 32.4 Å². The minimum absolute atomic E-state index is 0.0445. The Bertz CT molecular complexity index is 1360. The molecule has 3 aliphatic heterocycles. The molecule has 2 bridgehead atoms. The van der Waals surface area contributed by atoms with Crippen molar-refractivity contribution in [1.29, 1.82) is 5.26 Å². The van der Waals surface area contributed by atoms with E-state index in [0.29, 0.717) is 43.5 Å². The molecule has 0 aromatic carbocycles. The molecule has 3 saturated heterocycles. The van der Waals surface area contributed by atoms with Crippen LogP contribution in [0.5, 0.6) is 0 Å². The summed E-state index contributed by atoms with van der Waals surface area (Å²) in [6.45, 7) is 2.54. The third-order valence-electron chi connectivity index (χ3n) is 6.88. The first-order valence-electron chi connectivity index (χ1n) is 11.4. The summed E-state index contributed by atoms with van der Waals surface area (Å²) in [5, 5.41) is 24.9. The van der Waals surface area contributed by atoms with E-state index < -0.39 is 10.2 Å². The fourth-order valence-corrected chi connectivity index (χ4v) is 8.18. The minimum Gasteiger partial charge on any atom is -0.351 e. The predicted octanol–water partition coefficient (Wildman–Crippen LogP) is 2.57. The van der Waals surface area contributed by atoms with Gasteiger partial charge in [-0.05, 0) is 44.1 Å². The predicted molar refractivity (Wildman–Crippen MR) is 129 cm³/mol. The molecule has 0 amide bonds. The van der Waals surface area contributed by atoms with Crippen LogP contribution in [0.15, 0.2) is 17.5 Å². The van der Waals surface area contributed by atoms with Crippen LogP contribution in [0.3, 0.4) is 0 Å². The van der Waals surface area contributed by atoms with Crippen molar-refractivity contribution in [3.63, 3.8) is 0 Å². The Kier molecular flexibility index (Phi) is 5.21. The lowest BCUT2D eigenvalue weighted by atomic mass is 10.00. The van der Waals surface area contributed by atoms with Crippen molar-refractivity contribution < 1.29 is 8.42 Å². The molecule has 3 fully saturated rings. The van der Waals surface area contributed by atoms with Crippen molar-refractivity contribution >= 4 is 49.3 Å². The molecule has 0 aliphatic carbocycles. The Hall–Kier alpha value is -2.79. The van der Waals surface area contributed by atoms with E-state index in [4.69, 9.17) is 15.2 Å². The van der Waals surface area contributed by atoms with Gasteiger partial charge >= 0.3 is 0 Å². The summed E-state index contributed by atoms with van der Waals surface area (Å²) in [4.78, 5) is 9.42. The van der Waals surface area contributed by atoms with Crippen LogP contribution < -0.4 is 10.6 Å². The number of anilines is 3. The maximum Gasteiger partial charge on any atom is 0.282 e. The average Bonchev–Trinajstić information content (AvgIpc) is 3.46. The smallest absolute Gasteiger partial charge is 0.282 e. The van der Waals surface area contributed by atoms with Gasteiger partial charge in [0.2, 0.25) is 5.95 Å². The van der Waals surface area contributed by atoms with Crippen LogP contribution in [-0.4, -0.2) is 68.4 Å². The summed E-state index contributed by atoms with van der Waals surface area (Å²) in [5.74, 6) is 1.73. The molecule has 11 nitrogen and oxygen atoms in total. The molecular weight excluding hydrogens is 474 g/mol. The molecule has 3 aromatic rings. The maximum absolute atomic E-state index is 13.2. The number of thiophene rings is 1. The van der Waals surface area contributed by atoms with Gasteiger partial charge in [-0.15, -0.1) is 11.3 Å². The number of aryl methyl sites for hydroxylation is 1. The second-order valence-corrected chi connectivity index (χ2v) is 12.0. The Balaban J connectivity index is 1.19. The third kappa shape index (κ3) is 3.70. The number of fused-ring (bicyclic) bond motifs is 3. The van der Waals surface area contributed by atoms with Crippen molar-refractivity contribution in [2.24, 2.45) is 5.92 Å². The van der Waals surface area contributed by atoms with E-state index in [9.17, 15) is 8.42 Å². The van der Waals surface area contributed by atoms with Gasteiger partial charge in [0.15, 0.2) is 11.6 Å². The fraction of sp³-hybridized carbons (Fsp3) is 0.524. The van der Waals surface area contributed by atoms with E-state index in [2.05, 4.69) is 26.9 Å². The van der Waals surface area contributed by atoms with Crippen LogP contribution in [0.1, 0.15) is 31.4 Å². The van der Waals surface area contributed by atoms with Crippen LogP contribution in [-0.2, 0) is 10.2 Å². The number of hydrogen-bond donors (Lipinski definition) is 3. The molecule has 0 saturated carbocycles. The lowest BCUT2D eigenvalue weighted by molar-refractivity contribution is 0.182. The van der Waals surface area contributed by atoms with Gasteiger partial charge in [0.1, 0.15) is 0 Å². The first kappa shape index (κ1) is 21.7. The Labute approximate surface area is 201 Å². The van der Waals surface area contributed by atoms with Gasteiger partial charge in [-0.25, -0.2) is 4.98 Å². The van der Waals surface area contributed by atoms with Crippen molar-refractivity contribution in [3.05, 3.63) is 23.2 Å². The monoisotopic (exact) mass is 499 g/mol. The standard InChI is InChI=1S/C21H25N9O2S2/c1-12-6-18(28-27-12)25-20-19-17(4-5-33-19)24-21(26-20)23-14-7-15-2-3-16(8-14)30(15)34(31,32)29-10-13(9-22)11-29/h4-6,13-16H,2-3,7-8,10-11H2,1H3,(H3,23,24,25,26,27,28)/t14?,15-,16+. The van der Waals surface area contributed by atoms with Crippen molar-refractivity contribution in [3.8, 4) is 6.07 Å². The highest BCUT2D eigenvalue weighted by Gasteiger charge is 2.51. The molecule has 6 rings (SSSR count). The first-order valence-corrected chi connectivity index (χ1v) is 13.7. The molecule has 3 N–H and O–H groups in total. The molecule has 6 heterocycles. The number of aromatic amines is 1. The fourth-order valence-electron chi connectivity index (χ4n) is 5.27. The number of nitrogens with one attached hydrogen (secondary N) is 3. The topological polar surface area (TPSA) is 143 Å². The van der Waals surface area contributed by atoms with Crippen LogP contribution in [0.2, 0.25) is 0 Å². The SMILES string of the molecule is Cc1cc(Nc2nc(NC3C[C@H]4CC[C@@H](C3)N4S(=O)(=O)N3CC(C#N)C3)nc3ccsc23)n[nH]1. The Morgan fingerprint density at radius 1 is 1.24 bits per heavy atom. The molecular formula is C21H25N9O2S2. The molecule has 0 spiro atoms. The lowest BCUT2D eigenvalue weighted by Gasteiger charge is -2.43. The quantitative estimate of drug-likeness (QED) is 0.470. The van der Waals surface area contributed by atoms with Gasteiger partial charge in [0.05, 0.1) is 22.2 Å². The highest BCUT2D eigenvalue weighted by molar-refractivity contribution is 7.86. The van der Waals surface area contributed by atoms with Crippen LogP contribution >= 0.6 is 11.3 Å². The van der Waals surface area contributed by atoms with Gasteiger partial charge < -0.3 is 10.6 Å². The van der Waals surface area contributed by atoms with E-state index in [1.807, 2.05) is 24.4 Å². The van der Waals surface area contributed by atoms with Gasteiger partial charge in [0.25, 0.3) is 10.2 Å². The Morgan fingerprint density at radius 3 is 2.68 bits per heavy atom. The van der Waals surface area contributed by atoms with Crippen LogP contribution in [0.4, 0.5) is 17.6 Å². The summed E-state index contributed by atoms with van der Waals surface area (Å²) in [7, 11) is -3.52. The van der Waals surface area contributed by atoms with E-state index in [1.54, 1.807) is 15.6 Å². The zero-order valence-corrected chi connectivity index (χ0v) is 20.2. The average molecular weight is 500 g/mol. The number of aromatic nitrogens is 4. The van der Waals surface area contributed by atoms with E-state index >= 15 is 0 Å². The van der Waals surface area contributed by atoms with Crippen molar-refractivity contribution in [2.45, 2.75) is 50.7 Å². The number of hydrogen-bond acceptors (Lipinski definition) is 9. The molecule has 13 heteroatoms. The van der Waals surface area contributed by atoms with E-state index in [-0.39, 0.29) is 24.0 Å². The molecule has 3 aromatic heterocycles. The van der Waals surface area contributed by atoms with Crippen molar-refractivity contribution in [1.82, 2.24) is 28.8 Å². The summed E-state index contributed by atoms with van der Waals surface area (Å²) in [6.07, 6.45) is 3.12. The second kappa shape index (κ2) is 8.16. The zero-order valence-electron chi connectivity index (χ0n) is 18.6. The molecule has 34 heavy (non-hydrogen) atoms.